The molecule has 1 aromatic carbocycles. The lowest BCUT2D eigenvalue weighted by molar-refractivity contribution is -0.153. The lowest BCUT2D eigenvalue weighted by atomic mass is 9.93. The summed E-state index contributed by atoms with van der Waals surface area (Å²) < 4.78 is 76.8. The van der Waals surface area contributed by atoms with Gasteiger partial charge in [-0.25, -0.2) is 10.9 Å². The summed E-state index contributed by atoms with van der Waals surface area (Å²) in [6.07, 6.45) is -8.61. The maximum Gasteiger partial charge on any atom is 0.416 e. The highest BCUT2D eigenvalue weighted by molar-refractivity contribution is 6.02. The summed E-state index contributed by atoms with van der Waals surface area (Å²) in [6.45, 7) is 0. The fourth-order valence-electron chi connectivity index (χ4n) is 3.52. The first-order valence-corrected chi connectivity index (χ1v) is 10.0. The zero-order valence-electron chi connectivity index (χ0n) is 16.7. The Hall–Kier alpha value is -2.38. The van der Waals surface area contributed by atoms with Crippen LogP contribution >= 0.6 is 0 Å². The Balaban J connectivity index is 1.73. The molecule has 0 spiro atoms. The van der Waals surface area contributed by atoms with Crippen molar-refractivity contribution in [3.05, 3.63) is 35.4 Å². The Kier molecular flexibility index (Phi) is 7.30. The number of aliphatic imine (C=N–C) groups is 1. The first-order valence-electron chi connectivity index (χ1n) is 10.0. The number of aliphatic hydroxyl groups excluding tert-OH is 1. The van der Waals surface area contributed by atoms with Crippen LogP contribution in [0.3, 0.4) is 0 Å². The molecular weight excluding hydrogens is 444 g/mol. The molecule has 1 heterocycles. The molecule has 1 saturated carbocycles. The van der Waals surface area contributed by atoms with Crippen LogP contribution in [0.1, 0.15) is 48.0 Å². The van der Waals surface area contributed by atoms with Crippen molar-refractivity contribution in [1.29, 1.82) is 0 Å². The Morgan fingerprint density at radius 1 is 0.969 bits per heavy atom. The predicted octanol–water partition coefficient (Wildman–Crippen LogP) is 2.44. The lowest BCUT2D eigenvalue weighted by Gasteiger charge is -2.28. The highest BCUT2D eigenvalue weighted by Gasteiger charge is 2.44. The van der Waals surface area contributed by atoms with Gasteiger partial charge in [-0.1, -0.05) is 0 Å². The molecule has 1 amide bonds. The summed E-state index contributed by atoms with van der Waals surface area (Å²) in [4.78, 5) is 16.4. The Bertz CT molecular complexity index is 819. The smallest absolute Gasteiger partial charge is 0.393 e. The largest absolute Gasteiger partial charge is 0.416 e. The maximum absolute atomic E-state index is 12.9. The number of carbonyl (C=O) groups is 1. The number of halogens is 6. The molecule has 5 N–H and O–H groups in total. The minimum Gasteiger partial charge on any atom is -0.393 e. The molecule has 2 fully saturated rings. The van der Waals surface area contributed by atoms with E-state index in [1.807, 2.05) is 0 Å². The molecule has 2 aliphatic rings. The summed E-state index contributed by atoms with van der Waals surface area (Å²) in [6, 6.07) is 1.50. The molecular formula is C19H23F6N5O2. The van der Waals surface area contributed by atoms with Crippen LogP contribution in [0.5, 0.6) is 0 Å². The van der Waals surface area contributed by atoms with Crippen molar-refractivity contribution in [3.63, 3.8) is 0 Å². The van der Waals surface area contributed by atoms with Crippen molar-refractivity contribution in [3.8, 4) is 0 Å². The number of hydrogen-bond acceptors (Lipinski definition) is 4. The quantitative estimate of drug-likeness (QED) is 0.266. The molecule has 2 unspecified atom stereocenters. The Morgan fingerprint density at radius 3 is 2.12 bits per heavy atom. The summed E-state index contributed by atoms with van der Waals surface area (Å²) in [5.74, 6) is -0.957. The fraction of sp³-hybridized carbons (Fsp3) is 0.579. The van der Waals surface area contributed by atoms with Gasteiger partial charge in [-0.15, -0.1) is 0 Å². The van der Waals surface area contributed by atoms with Crippen LogP contribution in [0.2, 0.25) is 0 Å². The third kappa shape index (κ3) is 6.56. The molecule has 0 radical (unpaired) electrons. The monoisotopic (exact) mass is 467 g/mol. The van der Waals surface area contributed by atoms with E-state index < -0.39 is 42.1 Å². The van der Waals surface area contributed by atoms with Gasteiger partial charge >= 0.3 is 12.4 Å². The van der Waals surface area contributed by atoms with Gasteiger partial charge in [-0.2, -0.15) is 31.3 Å². The van der Waals surface area contributed by atoms with Crippen LogP contribution in [0.15, 0.2) is 29.3 Å². The van der Waals surface area contributed by atoms with Gasteiger partial charge in [0.15, 0.2) is 0 Å². The molecule has 1 aliphatic heterocycles. The van der Waals surface area contributed by atoms with E-state index in [-0.39, 0.29) is 24.0 Å². The number of hydrazine groups is 1. The highest BCUT2D eigenvalue weighted by Crippen LogP contribution is 2.29. The SMILES string of the molecule is O=C(/N=C(\NC1CCC(O)CC1)NC1CC(C(F)(F)F)NN1)c1ccc(C(F)(F)F)cc1. The number of guanidine groups is 1. The molecule has 3 rings (SSSR count). The number of benzene rings is 1. The Morgan fingerprint density at radius 2 is 1.59 bits per heavy atom. The lowest BCUT2D eigenvalue weighted by Crippen LogP contribution is -2.52. The summed E-state index contributed by atoms with van der Waals surface area (Å²) in [7, 11) is 0. The van der Waals surface area contributed by atoms with Crippen LogP contribution in [0.25, 0.3) is 0 Å². The van der Waals surface area contributed by atoms with Crippen molar-refractivity contribution in [2.45, 2.75) is 68.8 Å². The second-order valence-corrected chi connectivity index (χ2v) is 7.81. The van der Waals surface area contributed by atoms with E-state index >= 15 is 0 Å². The number of hydrogen-bond donors (Lipinski definition) is 5. The number of aliphatic hydroxyl groups is 1. The average molecular weight is 467 g/mol. The van der Waals surface area contributed by atoms with E-state index in [0.29, 0.717) is 25.7 Å². The van der Waals surface area contributed by atoms with Gasteiger partial charge in [0.2, 0.25) is 5.96 Å². The van der Waals surface area contributed by atoms with E-state index in [0.717, 1.165) is 24.3 Å². The summed E-state index contributed by atoms with van der Waals surface area (Å²) in [5, 5.41) is 15.3. The van der Waals surface area contributed by atoms with E-state index in [9.17, 15) is 36.2 Å². The molecule has 178 valence electrons. The third-order valence-corrected chi connectivity index (χ3v) is 5.32. The molecule has 7 nitrogen and oxygen atoms in total. The standard InChI is InChI=1S/C19H23F6N5O2/c20-18(21,22)11-3-1-10(2-4-11)16(32)28-17(26-12-5-7-13(31)8-6-12)27-15-9-14(29-30-15)19(23,24)25/h1-4,12-15,29-31H,5-9H2,(H2,26,27,28,32). The van der Waals surface area contributed by atoms with Crippen LogP contribution in [-0.4, -0.2) is 47.5 Å². The normalized spacial score (nSPS) is 27.3. The van der Waals surface area contributed by atoms with E-state index in [1.165, 1.54) is 0 Å². The van der Waals surface area contributed by atoms with Gasteiger partial charge in [-0.05, 0) is 49.9 Å². The first kappa shape index (κ1) is 24.3. The van der Waals surface area contributed by atoms with Gasteiger partial charge in [0.1, 0.15) is 6.04 Å². The van der Waals surface area contributed by atoms with Gasteiger partial charge in [0.25, 0.3) is 5.91 Å². The minimum atomic E-state index is -4.55. The number of nitrogens with zero attached hydrogens (tertiary/aromatic N) is 1. The minimum absolute atomic E-state index is 0.0987. The zero-order valence-corrected chi connectivity index (χ0v) is 16.7. The Labute approximate surface area is 179 Å². The fourth-order valence-corrected chi connectivity index (χ4v) is 3.52. The van der Waals surface area contributed by atoms with Crippen molar-refractivity contribution in [2.24, 2.45) is 4.99 Å². The molecule has 1 aliphatic carbocycles. The van der Waals surface area contributed by atoms with Crippen LogP contribution in [0.4, 0.5) is 26.3 Å². The van der Waals surface area contributed by atoms with E-state index in [2.05, 4.69) is 26.5 Å². The molecule has 2 atom stereocenters. The molecule has 1 aromatic rings. The maximum atomic E-state index is 12.9. The first-order chi connectivity index (χ1) is 14.9. The number of carbonyl (C=O) groups excluding carboxylic acids is 1. The van der Waals surface area contributed by atoms with Crippen LogP contribution < -0.4 is 21.5 Å². The number of amides is 1. The number of nitrogens with one attached hydrogen (secondary N) is 4. The number of alkyl halides is 6. The van der Waals surface area contributed by atoms with Crippen molar-refractivity contribution >= 4 is 11.9 Å². The topological polar surface area (TPSA) is 97.8 Å². The van der Waals surface area contributed by atoms with E-state index in [4.69, 9.17) is 0 Å². The third-order valence-electron chi connectivity index (χ3n) is 5.32. The summed E-state index contributed by atoms with van der Waals surface area (Å²) >= 11 is 0. The highest BCUT2D eigenvalue weighted by atomic mass is 19.4. The molecule has 13 heteroatoms. The summed E-state index contributed by atoms with van der Waals surface area (Å²) in [5.41, 5.74) is 3.54. The number of rotatable bonds is 3. The molecule has 32 heavy (non-hydrogen) atoms. The van der Waals surface area contributed by atoms with Gasteiger partial charge in [0.05, 0.1) is 17.8 Å². The van der Waals surface area contributed by atoms with Crippen LogP contribution in [-0.2, 0) is 6.18 Å². The van der Waals surface area contributed by atoms with Crippen molar-refractivity contribution in [2.75, 3.05) is 0 Å². The average Bonchev–Trinajstić information content (AvgIpc) is 3.18. The molecule has 0 aromatic heterocycles. The van der Waals surface area contributed by atoms with E-state index in [1.54, 1.807) is 0 Å². The van der Waals surface area contributed by atoms with Gasteiger partial charge in [-0.3, -0.25) is 4.79 Å². The van der Waals surface area contributed by atoms with Crippen molar-refractivity contribution in [1.82, 2.24) is 21.5 Å². The predicted molar refractivity (Wildman–Crippen MR) is 102 cm³/mol. The second kappa shape index (κ2) is 9.63. The zero-order chi connectivity index (χ0) is 23.5. The van der Waals surface area contributed by atoms with Crippen molar-refractivity contribution < 1.29 is 36.2 Å². The van der Waals surface area contributed by atoms with Gasteiger partial charge in [0, 0.05) is 18.0 Å². The van der Waals surface area contributed by atoms with Gasteiger partial charge < -0.3 is 15.7 Å². The second-order valence-electron chi connectivity index (χ2n) is 7.81. The molecule has 1 saturated heterocycles. The molecule has 0 bridgehead atoms. The van der Waals surface area contributed by atoms with Crippen LogP contribution in [0, 0.1) is 0 Å².